The van der Waals surface area contributed by atoms with Crippen molar-refractivity contribution in [2.24, 2.45) is 0 Å². The maximum atomic E-state index is 13.9. The Morgan fingerprint density at radius 1 is 1.00 bits per heavy atom. The average molecular weight is 263 g/mol. The van der Waals surface area contributed by atoms with Crippen molar-refractivity contribution >= 4 is 11.6 Å². The lowest BCUT2D eigenvalue weighted by atomic mass is 9.85. The zero-order valence-corrected chi connectivity index (χ0v) is 11.6. The zero-order valence-electron chi connectivity index (χ0n) is 10.8. The summed E-state index contributed by atoms with van der Waals surface area (Å²) in [5, 5.41) is 0.619. The number of benzene rings is 2. The first-order chi connectivity index (χ1) is 8.38. The van der Waals surface area contributed by atoms with Gasteiger partial charge in [-0.1, -0.05) is 50.6 Å². The van der Waals surface area contributed by atoms with Gasteiger partial charge in [0.05, 0.1) is 0 Å². The fourth-order valence-electron chi connectivity index (χ4n) is 1.87. The van der Waals surface area contributed by atoms with E-state index in [1.165, 1.54) is 6.07 Å². The van der Waals surface area contributed by atoms with Crippen LogP contribution in [0.5, 0.6) is 0 Å². The molecule has 0 aliphatic heterocycles. The van der Waals surface area contributed by atoms with E-state index in [1.807, 2.05) is 24.3 Å². The van der Waals surface area contributed by atoms with Gasteiger partial charge in [0, 0.05) is 10.6 Å². The van der Waals surface area contributed by atoms with Crippen LogP contribution in [0.3, 0.4) is 0 Å². The topological polar surface area (TPSA) is 0 Å². The van der Waals surface area contributed by atoms with E-state index >= 15 is 0 Å². The Hall–Kier alpha value is -1.34. The zero-order chi connectivity index (χ0) is 13.3. The van der Waals surface area contributed by atoms with Crippen LogP contribution in [-0.4, -0.2) is 0 Å². The third-order valence-electron chi connectivity index (χ3n) is 2.97. The average Bonchev–Trinajstić information content (AvgIpc) is 2.28. The molecule has 0 aliphatic carbocycles. The van der Waals surface area contributed by atoms with Crippen molar-refractivity contribution in [2.45, 2.75) is 26.2 Å². The van der Waals surface area contributed by atoms with Crippen LogP contribution in [0.4, 0.5) is 4.39 Å². The summed E-state index contributed by atoms with van der Waals surface area (Å²) in [7, 11) is 0. The highest BCUT2D eigenvalue weighted by Crippen LogP contribution is 2.30. The minimum Gasteiger partial charge on any atom is -0.206 e. The summed E-state index contributed by atoms with van der Waals surface area (Å²) >= 11 is 5.95. The van der Waals surface area contributed by atoms with Crippen molar-refractivity contribution in [2.75, 3.05) is 0 Å². The lowest BCUT2D eigenvalue weighted by Crippen LogP contribution is -2.11. The third kappa shape index (κ3) is 2.73. The molecule has 0 atom stereocenters. The molecule has 18 heavy (non-hydrogen) atoms. The van der Waals surface area contributed by atoms with Gasteiger partial charge < -0.3 is 0 Å². The first kappa shape index (κ1) is 13.1. The smallest absolute Gasteiger partial charge is 0.131 e. The van der Waals surface area contributed by atoms with Crippen LogP contribution in [0.25, 0.3) is 11.1 Å². The van der Waals surface area contributed by atoms with Crippen molar-refractivity contribution in [1.82, 2.24) is 0 Å². The molecular formula is C16H16ClF. The molecule has 0 bridgehead atoms. The molecule has 0 N–H and O–H groups in total. The summed E-state index contributed by atoms with van der Waals surface area (Å²) in [6.45, 7) is 6.34. The van der Waals surface area contributed by atoms with Crippen LogP contribution >= 0.6 is 11.6 Å². The Morgan fingerprint density at radius 3 is 2.33 bits per heavy atom. The van der Waals surface area contributed by atoms with Crippen LogP contribution in [0.2, 0.25) is 5.02 Å². The molecule has 2 rings (SSSR count). The molecule has 0 aliphatic rings. The molecule has 0 aromatic heterocycles. The summed E-state index contributed by atoms with van der Waals surface area (Å²) in [6.07, 6.45) is 0. The van der Waals surface area contributed by atoms with Gasteiger partial charge in [-0.3, -0.25) is 0 Å². The van der Waals surface area contributed by atoms with Gasteiger partial charge in [0.2, 0.25) is 0 Å². The van der Waals surface area contributed by atoms with Crippen LogP contribution < -0.4 is 0 Å². The minimum atomic E-state index is -0.217. The number of halogens is 2. The molecule has 94 valence electrons. The highest BCUT2D eigenvalue weighted by atomic mass is 35.5. The highest BCUT2D eigenvalue weighted by molar-refractivity contribution is 6.30. The predicted molar refractivity (Wildman–Crippen MR) is 75.5 cm³/mol. The monoisotopic (exact) mass is 262 g/mol. The van der Waals surface area contributed by atoms with E-state index in [1.54, 1.807) is 12.1 Å². The van der Waals surface area contributed by atoms with Crippen molar-refractivity contribution in [1.29, 1.82) is 0 Å². The van der Waals surface area contributed by atoms with Crippen LogP contribution in [0.1, 0.15) is 26.3 Å². The van der Waals surface area contributed by atoms with Gasteiger partial charge in [0.25, 0.3) is 0 Å². The molecule has 0 radical (unpaired) electrons. The summed E-state index contributed by atoms with van der Waals surface area (Å²) < 4.78 is 13.9. The Bertz CT molecular complexity index is 568. The van der Waals surface area contributed by atoms with E-state index in [9.17, 15) is 4.39 Å². The van der Waals surface area contributed by atoms with E-state index in [2.05, 4.69) is 20.8 Å². The molecule has 0 saturated carbocycles. The van der Waals surface area contributed by atoms with Crippen LogP contribution in [0, 0.1) is 5.82 Å². The van der Waals surface area contributed by atoms with Crippen molar-refractivity contribution in [3.63, 3.8) is 0 Å². The van der Waals surface area contributed by atoms with Crippen molar-refractivity contribution in [3.8, 4) is 11.1 Å². The molecule has 0 amide bonds. The van der Waals surface area contributed by atoms with E-state index < -0.39 is 0 Å². The van der Waals surface area contributed by atoms with E-state index in [4.69, 9.17) is 11.6 Å². The van der Waals surface area contributed by atoms with Gasteiger partial charge in [-0.2, -0.15) is 0 Å². The van der Waals surface area contributed by atoms with Gasteiger partial charge in [0.1, 0.15) is 5.82 Å². The van der Waals surface area contributed by atoms with Gasteiger partial charge in [-0.15, -0.1) is 0 Å². The second-order valence-corrected chi connectivity index (χ2v) is 5.89. The van der Waals surface area contributed by atoms with Gasteiger partial charge in [-0.25, -0.2) is 4.39 Å². The summed E-state index contributed by atoms with van der Waals surface area (Å²) in [5.41, 5.74) is 2.52. The molecule has 0 fully saturated rings. The fraction of sp³-hybridized carbons (Fsp3) is 0.250. The fourth-order valence-corrected chi connectivity index (χ4v) is 2.06. The highest BCUT2D eigenvalue weighted by Gasteiger charge is 2.16. The number of hydrogen-bond acceptors (Lipinski definition) is 0. The molecule has 2 heteroatoms. The first-order valence-electron chi connectivity index (χ1n) is 5.94. The van der Waals surface area contributed by atoms with Crippen LogP contribution in [-0.2, 0) is 5.41 Å². The van der Waals surface area contributed by atoms with Crippen LogP contribution in [0.15, 0.2) is 42.5 Å². The summed E-state index contributed by atoms with van der Waals surface area (Å²) in [4.78, 5) is 0. The molecule has 0 heterocycles. The predicted octanol–water partition coefficient (Wildman–Crippen LogP) is 5.44. The lowest BCUT2D eigenvalue weighted by molar-refractivity contribution is 0.584. The Balaban J connectivity index is 2.57. The molecule has 0 saturated heterocycles. The second-order valence-electron chi connectivity index (χ2n) is 5.45. The Kier molecular flexibility index (Phi) is 3.45. The number of hydrogen-bond donors (Lipinski definition) is 0. The third-order valence-corrected chi connectivity index (χ3v) is 3.20. The maximum Gasteiger partial charge on any atom is 0.131 e. The van der Waals surface area contributed by atoms with Gasteiger partial charge >= 0.3 is 0 Å². The van der Waals surface area contributed by atoms with E-state index in [-0.39, 0.29) is 11.2 Å². The molecule has 0 unspecified atom stereocenters. The van der Waals surface area contributed by atoms with Crippen molar-refractivity contribution in [3.05, 3.63) is 58.9 Å². The minimum absolute atomic E-state index is 0.00102. The normalized spacial score (nSPS) is 11.6. The lowest BCUT2D eigenvalue weighted by Gasteiger charge is -2.20. The standard InChI is InChI=1S/C16H16ClF/c1-16(2,3)12-7-8-15(18)14(10-12)11-5-4-6-13(17)9-11/h4-10H,1-3H3. The molecule has 0 spiro atoms. The maximum absolute atomic E-state index is 13.9. The summed E-state index contributed by atoms with van der Waals surface area (Å²) in [5.74, 6) is -0.217. The Labute approximate surface area is 112 Å². The SMILES string of the molecule is CC(C)(C)c1ccc(F)c(-c2cccc(Cl)c2)c1. The molecule has 2 aromatic rings. The van der Waals surface area contributed by atoms with Crippen molar-refractivity contribution < 1.29 is 4.39 Å². The Morgan fingerprint density at radius 2 is 1.72 bits per heavy atom. The van der Waals surface area contributed by atoms with E-state index in [0.717, 1.165) is 11.1 Å². The van der Waals surface area contributed by atoms with E-state index in [0.29, 0.717) is 10.6 Å². The quantitative estimate of drug-likeness (QED) is 0.642. The first-order valence-corrected chi connectivity index (χ1v) is 6.32. The largest absolute Gasteiger partial charge is 0.206 e. The second kappa shape index (κ2) is 4.74. The molecule has 2 aromatic carbocycles. The number of rotatable bonds is 1. The van der Waals surface area contributed by atoms with Gasteiger partial charge in [0.15, 0.2) is 0 Å². The molecule has 0 nitrogen and oxygen atoms in total. The van der Waals surface area contributed by atoms with Gasteiger partial charge in [-0.05, 0) is 40.8 Å². The molecular weight excluding hydrogens is 247 g/mol. The summed E-state index contributed by atoms with van der Waals surface area (Å²) in [6, 6.07) is 12.5.